The van der Waals surface area contributed by atoms with Crippen LogP contribution in [0.2, 0.25) is 5.15 Å². The summed E-state index contributed by atoms with van der Waals surface area (Å²) in [6.45, 7) is 1.81. The third kappa shape index (κ3) is 4.09. The number of anilines is 1. The first kappa shape index (κ1) is 16.1. The molecule has 1 amide bonds. The molecule has 1 saturated carbocycles. The number of pyridine rings is 1. The number of aryl methyl sites for hydroxylation is 1. The van der Waals surface area contributed by atoms with Gasteiger partial charge in [0, 0.05) is 12.1 Å². The molecule has 1 aliphatic carbocycles. The Bertz CT molecular complexity index is 525. The number of nitrogens with zero attached hydrogens (tertiary/aromatic N) is 1. The molecule has 0 aromatic carbocycles. The lowest BCUT2D eigenvalue weighted by Crippen LogP contribution is -2.32. The second-order valence-electron chi connectivity index (χ2n) is 5.43. The van der Waals surface area contributed by atoms with Gasteiger partial charge in [-0.1, -0.05) is 11.6 Å². The number of halogens is 4. The molecule has 0 spiro atoms. The number of nitrogens with one attached hydrogen (secondary N) is 1. The first-order chi connectivity index (χ1) is 9.77. The van der Waals surface area contributed by atoms with Crippen LogP contribution < -0.4 is 5.32 Å². The van der Waals surface area contributed by atoms with Crippen LogP contribution in [0.25, 0.3) is 0 Å². The summed E-state index contributed by atoms with van der Waals surface area (Å²) in [4.78, 5) is 16.0. The Labute approximate surface area is 125 Å². The molecule has 0 atom stereocenters. The molecule has 1 fully saturated rings. The predicted molar refractivity (Wildman–Crippen MR) is 74.1 cm³/mol. The molecule has 1 aromatic rings. The lowest BCUT2D eigenvalue weighted by Gasteiger charge is -2.29. The number of hydrogen-bond donors (Lipinski definition) is 1. The predicted octanol–water partition coefficient (Wildman–Crippen LogP) is 4.35. The second-order valence-corrected chi connectivity index (χ2v) is 5.79. The van der Waals surface area contributed by atoms with Gasteiger partial charge in [-0.3, -0.25) is 4.79 Å². The molecular formula is C14H16ClF3N2O. The molecule has 7 heteroatoms. The molecule has 1 aromatic heterocycles. The number of rotatable bonds is 2. The highest BCUT2D eigenvalue weighted by Gasteiger charge is 2.42. The minimum atomic E-state index is -4.16. The van der Waals surface area contributed by atoms with Crippen LogP contribution in [0.15, 0.2) is 12.3 Å². The molecule has 0 bridgehead atoms. The summed E-state index contributed by atoms with van der Waals surface area (Å²) in [5, 5.41) is 2.84. The monoisotopic (exact) mass is 320 g/mol. The van der Waals surface area contributed by atoms with Crippen molar-refractivity contribution in [3.63, 3.8) is 0 Å². The zero-order chi connectivity index (χ0) is 15.6. The van der Waals surface area contributed by atoms with Gasteiger partial charge in [0.1, 0.15) is 0 Å². The van der Waals surface area contributed by atoms with Gasteiger partial charge in [-0.2, -0.15) is 13.2 Å². The van der Waals surface area contributed by atoms with E-state index in [0.29, 0.717) is 5.69 Å². The van der Waals surface area contributed by atoms with Crippen LogP contribution in [-0.2, 0) is 4.79 Å². The van der Waals surface area contributed by atoms with E-state index in [-0.39, 0.29) is 36.7 Å². The first-order valence-electron chi connectivity index (χ1n) is 6.77. The fourth-order valence-electron chi connectivity index (χ4n) is 2.56. The van der Waals surface area contributed by atoms with Crippen molar-refractivity contribution >= 4 is 23.2 Å². The van der Waals surface area contributed by atoms with Gasteiger partial charge in [-0.05, 0) is 44.2 Å². The van der Waals surface area contributed by atoms with E-state index < -0.39 is 18.0 Å². The molecule has 116 valence electrons. The summed E-state index contributed by atoms with van der Waals surface area (Å²) >= 11 is 5.89. The largest absolute Gasteiger partial charge is 0.391 e. The highest BCUT2D eigenvalue weighted by molar-refractivity contribution is 6.32. The van der Waals surface area contributed by atoms with E-state index in [2.05, 4.69) is 10.3 Å². The summed E-state index contributed by atoms with van der Waals surface area (Å²) in [6.07, 6.45) is -2.10. The van der Waals surface area contributed by atoms with E-state index in [4.69, 9.17) is 11.6 Å². The highest BCUT2D eigenvalue weighted by Crippen LogP contribution is 2.39. The number of aromatic nitrogens is 1. The molecule has 1 heterocycles. The third-order valence-electron chi connectivity index (χ3n) is 3.79. The van der Waals surface area contributed by atoms with Crippen LogP contribution in [0.3, 0.4) is 0 Å². The molecular weight excluding hydrogens is 305 g/mol. The van der Waals surface area contributed by atoms with Gasteiger partial charge in [0.15, 0.2) is 5.15 Å². The van der Waals surface area contributed by atoms with E-state index in [1.54, 1.807) is 12.3 Å². The zero-order valence-electron chi connectivity index (χ0n) is 11.5. The summed E-state index contributed by atoms with van der Waals surface area (Å²) in [5.41, 5.74) is 1.25. The minimum absolute atomic E-state index is 0.00138. The number of hydrogen-bond acceptors (Lipinski definition) is 2. The minimum Gasteiger partial charge on any atom is -0.323 e. The van der Waals surface area contributed by atoms with Crippen LogP contribution in [0.4, 0.5) is 18.9 Å². The molecule has 1 aliphatic rings. The van der Waals surface area contributed by atoms with Crippen LogP contribution in [-0.4, -0.2) is 17.1 Å². The van der Waals surface area contributed by atoms with E-state index in [9.17, 15) is 18.0 Å². The average molecular weight is 321 g/mol. The lowest BCUT2D eigenvalue weighted by molar-refractivity contribution is -0.184. The molecule has 0 radical (unpaired) electrons. The van der Waals surface area contributed by atoms with Crippen molar-refractivity contribution in [3.8, 4) is 0 Å². The maximum absolute atomic E-state index is 12.6. The number of alkyl halides is 3. The van der Waals surface area contributed by atoms with Crippen molar-refractivity contribution < 1.29 is 18.0 Å². The van der Waals surface area contributed by atoms with Crippen molar-refractivity contribution in [1.82, 2.24) is 4.98 Å². The summed E-state index contributed by atoms with van der Waals surface area (Å²) < 4.78 is 37.8. The van der Waals surface area contributed by atoms with Gasteiger partial charge in [0.2, 0.25) is 5.91 Å². The zero-order valence-corrected chi connectivity index (χ0v) is 12.3. The van der Waals surface area contributed by atoms with Crippen molar-refractivity contribution in [2.24, 2.45) is 11.8 Å². The van der Waals surface area contributed by atoms with Gasteiger partial charge in [0.05, 0.1) is 11.6 Å². The Kier molecular flexibility index (Phi) is 4.76. The van der Waals surface area contributed by atoms with Crippen LogP contribution in [0, 0.1) is 18.8 Å². The normalized spacial score (nSPS) is 22.9. The van der Waals surface area contributed by atoms with Crippen molar-refractivity contribution in [2.45, 2.75) is 38.8 Å². The SMILES string of the molecule is Cc1cnc(Cl)c(NC(=O)C2CCC(C(F)(F)F)CC2)c1. The second kappa shape index (κ2) is 6.22. The van der Waals surface area contributed by atoms with E-state index >= 15 is 0 Å². The Morgan fingerprint density at radius 2 is 1.95 bits per heavy atom. The maximum Gasteiger partial charge on any atom is 0.391 e. The average Bonchev–Trinajstić information content (AvgIpc) is 2.42. The lowest BCUT2D eigenvalue weighted by atomic mass is 9.81. The summed E-state index contributed by atoms with van der Waals surface area (Å²) in [7, 11) is 0. The number of amides is 1. The van der Waals surface area contributed by atoms with Crippen LogP contribution in [0.1, 0.15) is 31.2 Å². The van der Waals surface area contributed by atoms with Gasteiger partial charge in [-0.15, -0.1) is 0 Å². The Balaban J connectivity index is 1.95. The first-order valence-corrected chi connectivity index (χ1v) is 7.15. The van der Waals surface area contributed by atoms with Gasteiger partial charge < -0.3 is 5.32 Å². The molecule has 0 saturated heterocycles. The van der Waals surface area contributed by atoms with E-state index in [0.717, 1.165) is 5.56 Å². The van der Waals surface area contributed by atoms with Crippen molar-refractivity contribution in [2.75, 3.05) is 5.32 Å². The number of carbonyl (C=O) groups is 1. The smallest absolute Gasteiger partial charge is 0.323 e. The Hall–Kier alpha value is -1.30. The maximum atomic E-state index is 12.6. The van der Waals surface area contributed by atoms with Gasteiger partial charge in [0.25, 0.3) is 0 Å². The fourth-order valence-corrected chi connectivity index (χ4v) is 2.71. The van der Waals surface area contributed by atoms with Crippen molar-refractivity contribution in [1.29, 1.82) is 0 Å². The molecule has 3 nitrogen and oxygen atoms in total. The van der Waals surface area contributed by atoms with E-state index in [1.807, 2.05) is 6.92 Å². The molecule has 1 N–H and O–H groups in total. The topological polar surface area (TPSA) is 42.0 Å². The van der Waals surface area contributed by atoms with Gasteiger partial charge in [-0.25, -0.2) is 4.98 Å². The third-order valence-corrected chi connectivity index (χ3v) is 4.10. The molecule has 0 aliphatic heterocycles. The molecule has 0 unspecified atom stereocenters. The number of carbonyl (C=O) groups excluding carboxylic acids is 1. The Morgan fingerprint density at radius 3 is 2.52 bits per heavy atom. The molecule has 21 heavy (non-hydrogen) atoms. The quantitative estimate of drug-likeness (QED) is 0.823. The fraction of sp³-hybridized carbons (Fsp3) is 0.571. The van der Waals surface area contributed by atoms with Crippen LogP contribution in [0.5, 0.6) is 0 Å². The standard InChI is InChI=1S/C14H16ClF3N2O/c1-8-6-11(12(15)19-7-8)20-13(21)9-2-4-10(5-3-9)14(16,17)18/h6-7,9-10H,2-5H2,1H3,(H,20,21). The highest BCUT2D eigenvalue weighted by atomic mass is 35.5. The van der Waals surface area contributed by atoms with Gasteiger partial charge >= 0.3 is 6.18 Å². The molecule has 2 rings (SSSR count). The van der Waals surface area contributed by atoms with E-state index in [1.165, 1.54) is 0 Å². The summed E-state index contributed by atoms with van der Waals surface area (Å²) in [6, 6.07) is 1.69. The summed E-state index contributed by atoms with van der Waals surface area (Å²) in [5.74, 6) is -1.98. The van der Waals surface area contributed by atoms with Crippen molar-refractivity contribution in [3.05, 3.63) is 23.0 Å². The van der Waals surface area contributed by atoms with Crippen LogP contribution >= 0.6 is 11.6 Å². The Morgan fingerprint density at radius 1 is 1.33 bits per heavy atom.